The van der Waals surface area contributed by atoms with Gasteiger partial charge in [0.25, 0.3) is 5.91 Å². The summed E-state index contributed by atoms with van der Waals surface area (Å²) in [6, 6.07) is 6.76. The molecule has 4 N–H and O–H groups in total. The summed E-state index contributed by atoms with van der Waals surface area (Å²) in [4.78, 5) is 20.2. The number of aromatic nitrogens is 2. The molecule has 3 rings (SSSR count). The van der Waals surface area contributed by atoms with Gasteiger partial charge in [-0.3, -0.25) is 14.8 Å². The Morgan fingerprint density at radius 3 is 2.85 bits per heavy atom. The van der Waals surface area contributed by atoms with Crippen LogP contribution in [0.2, 0.25) is 0 Å². The van der Waals surface area contributed by atoms with E-state index in [-0.39, 0.29) is 12.1 Å². The lowest BCUT2D eigenvalue weighted by molar-refractivity contribution is 0.100. The number of carbonyl (C=O) groups excluding carboxylic acids is 1. The van der Waals surface area contributed by atoms with Crippen LogP contribution in [0.15, 0.2) is 30.6 Å². The first kappa shape index (κ1) is 17.8. The van der Waals surface area contributed by atoms with Crippen LogP contribution >= 0.6 is 0 Å². The third-order valence-electron chi connectivity index (χ3n) is 4.29. The summed E-state index contributed by atoms with van der Waals surface area (Å²) in [6.07, 6.45) is 2.87. The Morgan fingerprint density at radius 1 is 1.38 bits per heavy atom. The third-order valence-corrected chi connectivity index (χ3v) is 4.29. The van der Waals surface area contributed by atoms with Crippen LogP contribution in [0, 0.1) is 11.3 Å². The van der Waals surface area contributed by atoms with Crippen LogP contribution in [0.5, 0.6) is 0 Å². The van der Waals surface area contributed by atoms with Gasteiger partial charge >= 0.3 is 0 Å². The van der Waals surface area contributed by atoms with Crippen molar-refractivity contribution in [2.24, 2.45) is 5.73 Å². The number of carbonyl (C=O) groups is 1. The maximum Gasteiger partial charge on any atom is 0.252 e. The molecule has 2 aromatic heterocycles. The van der Waals surface area contributed by atoms with E-state index in [4.69, 9.17) is 11.0 Å². The summed E-state index contributed by atoms with van der Waals surface area (Å²) >= 11 is 0. The van der Waals surface area contributed by atoms with Crippen molar-refractivity contribution in [3.05, 3.63) is 53.1 Å². The Kier molecular flexibility index (Phi) is 5.39. The molecule has 26 heavy (non-hydrogen) atoms. The average molecular weight is 354 g/mol. The first-order valence-electron chi connectivity index (χ1n) is 8.32. The van der Waals surface area contributed by atoms with E-state index in [0.717, 1.165) is 5.69 Å². The first-order valence-corrected chi connectivity index (χ1v) is 8.32. The molecule has 0 saturated carbocycles. The predicted molar refractivity (Wildman–Crippen MR) is 94.3 cm³/mol. The Balaban J connectivity index is 1.83. The van der Waals surface area contributed by atoms with E-state index in [9.17, 15) is 9.18 Å². The number of hydrogen-bond donors (Lipinski definition) is 3. The van der Waals surface area contributed by atoms with Gasteiger partial charge in [-0.2, -0.15) is 5.26 Å². The van der Waals surface area contributed by atoms with Gasteiger partial charge < -0.3 is 16.4 Å². The Hall–Kier alpha value is -3.05. The fraction of sp³-hybridized carbons (Fsp3) is 0.333. The smallest absolute Gasteiger partial charge is 0.252 e. The number of alkyl halides is 1. The number of halogens is 1. The van der Waals surface area contributed by atoms with Gasteiger partial charge in [-0.15, -0.1) is 0 Å². The van der Waals surface area contributed by atoms with E-state index >= 15 is 0 Å². The standard InChI is InChI=1S/C18H19FN6O/c19-15-10-22-4-3-16(15)25-17-6-13(24-9-14(17)18(21)26)5-12-2-1-11(7-20)8-23-12/h1-2,6,8-9,15-16,22H,3-5,10H2,(H2,21,26)(H,24,25)/t15-,16+/m0/s1. The largest absolute Gasteiger partial charge is 0.379 e. The molecule has 7 nitrogen and oxygen atoms in total. The molecule has 0 bridgehead atoms. The molecule has 1 aliphatic rings. The second-order valence-electron chi connectivity index (χ2n) is 6.17. The summed E-state index contributed by atoms with van der Waals surface area (Å²) in [5, 5.41) is 14.9. The van der Waals surface area contributed by atoms with Gasteiger partial charge in [0.15, 0.2) is 0 Å². The average Bonchev–Trinajstić information content (AvgIpc) is 2.64. The number of anilines is 1. The SMILES string of the molecule is N#Cc1ccc(Cc2cc(N[C@@H]3CCNC[C@@H]3F)c(C(N)=O)cn2)nc1. The van der Waals surface area contributed by atoms with Crippen LogP contribution in [0.4, 0.5) is 10.1 Å². The zero-order valence-electron chi connectivity index (χ0n) is 14.1. The molecular weight excluding hydrogens is 335 g/mol. The zero-order chi connectivity index (χ0) is 18.5. The molecule has 8 heteroatoms. The van der Waals surface area contributed by atoms with Crippen molar-refractivity contribution in [2.45, 2.75) is 25.1 Å². The molecule has 1 aliphatic heterocycles. The summed E-state index contributed by atoms with van der Waals surface area (Å²) in [7, 11) is 0. The number of nitrogens with zero attached hydrogens (tertiary/aromatic N) is 3. The Labute approximate surface area is 150 Å². The number of amides is 1. The van der Waals surface area contributed by atoms with Crippen LogP contribution in [0.25, 0.3) is 0 Å². The second-order valence-corrected chi connectivity index (χ2v) is 6.17. The van der Waals surface area contributed by atoms with Crippen molar-refractivity contribution >= 4 is 11.6 Å². The molecule has 134 valence electrons. The molecule has 0 unspecified atom stereocenters. The van der Waals surface area contributed by atoms with Crippen LogP contribution in [-0.2, 0) is 6.42 Å². The van der Waals surface area contributed by atoms with Crippen LogP contribution in [-0.4, -0.2) is 41.2 Å². The minimum Gasteiger partial charge on any atom is -0.379 e. The molecule has 1 amide bonds. The highest BCUT2D eigenvalue weighted by molar-refractivity contribution is 5.98. The topological polar surface area (TPSA) is 117 Å². The number of rotatable bonds is 5. The van der Waals surface area contributed by atoms with Crippen molar-refractivity contribution in [3.63, 3.8) is 0 Å². The highest BCUT2D eigenvalue weighted by Gasteiger charge is 2.25. The number of nitrogens with two attached hydrogens (primary N) is 1. The lowest BCUT2D eigenvalue weighted by Crippen LogP contribution is -2.45. The molecule has 1 saturated heterocycles. The number of piperidine rings is 1. The Bertz CT molecular complexity index is 833. The number of nitriles is 1. The van der Waals surface area contributed by atoms with E-state index in [0.29, 0.717) is 36.3 Å². The van der Waals surface area contributed by atoms with Gasteiger partial charge in [0.05, 0.1) is 22.9 Å². The molecule has 2 atom stereocenters. The minimum absolute atomic E-state index is 0.229. The molecule has 3 heterocycles. The summed E-state index contributed by atoms with van der Waals surface area (Å²) in [6.45, 7) is 0.980. The van der Waals surface area contributed by atoms with E-state index in [1.165, 1.54) is 12.4 Å². The lowest BCUT2D eigenvalue weighted by Gasteiger charge is -2.29. The van der Waals surface area contributed by atoms with E-state index < -0.39 is 18.1 Å². The summed E-state index contributed by atoms with van der Waals surface area (Å²) in [5.41, 5.74) is 8.01. The second kappa shape index (κ2) is 7.89. The number of pyridine rings is 2. The van der Waals surface area contributed by atoms with Crippen LogP contribution < -0.4 is 16.4 Å². The van der Waals surface area contributed by atoms with Gasteiger partial charge in [0.2, 0.25) is 0 Å². The molecule has 2 aromatic rings. The molecule has 0 radical (unpaired) electrons. The lowest BCUT2D eigenvalue weighted by atomic mass is 10.0. The monoisotopic (exact) mass is 354 g/mol. The van der Waals surface area contributed by atoms with Crippen LogP contribution in [0.1, 0.15) is 33.7 Å². The summed E-state index contributed by atoms with van der Waals surface area (Å²) < 4.78 is 14.1. The fourth-order valence-corrected chi connectivity index (χ4v) is 2.87. The van der Waals surface area contributed by atoms with Gasteiger partial charge in [-0.25, -0.2) is 4.39 Å². The molecule has 0 aromatic carbocycles. The third kappa shape index (κ3) is 4.13. The van der Waals surface area contributed by atoms with Crippen molar-refractivity contribution in [3.8, 4) is 6.07 Å². The van der Waals surface area contributed by atoms with Gasteiger partial charge in [-0.1, -0.05) is 0 Å². The molecular formula is C18H19FN6O. The van der Waals surface area contributed by atoms with E-state index in [1.807, 2.05) is 6.07 Å². The highest BCUT2D eigenvalue weighted by Crippen LogP contribution is 2.21. The minimum atomic E-state index is -1.05. The van der Waals surface area contributed by atoms with Gasteiger partial charge in [-0.05, 0) is 31.2 Å². The van der Waals surface area contributed by atoms with E-state index in [1.54, 1.807) is 18.2 Å². The number of hydrogen-bond acceptors (Lipinski definition) is 6. The molecule has 1 fully saturated rings. The maximum atomic E-state index is 14.1. The quantitative estimate of drug-likeness (QED) is 0.741. The number of nitrogens with one attached hydrogen (secondary N) is 2. The maximum absolute atomic E-state index is 14.1. The number of primary amides is 1. The highest BCUT2D eigenvalue weighted by atomic mass is 19.1. The van der Waals surface area contributed by atoms with Crippen molar-refractivity contribution in [2.75, 3.05) is 18.4 Å². The molecule has 0 aliphatic carbocycles. The van der Waals surface area contributed by atoms with Crippen molar-refractivity contribution < 1.29 is 9.18 Å². The normalized spacial score (nSPS) is 19.5. The van der Waals surface area contributed by atoms with Crippen LogP contribution in [0.3, 0.4) is 0 Å². The first-order chi connectivity index (χ1) is 12.6. The molecule has 0 spiro atoms. The summed E-state index contributed by atoms with van der Waals surface area (Å²) in [5.74, 6) is -0.618. The fourth-order valence-electron chi connectivity index (χ4n) is 2.87. The Morgan fingerprint density at radius 2 is 2.19 bits per heavy atom. The van der Waals surface area contributed by atoms with Crippen molar-refractivity contribution in [1.82, 2.24) is 15.3 Å². The van der Waals surface area contributed by atoms with Crippen molar-refractivity contribution in [1.29, 1.82) is 5.26 Å². The van der Waals surface area contributed by atoms with Gasteiger partial charge in [0, 0.05) is 36.7 Å². The predicted octanol–water partition coefficient (Wildman–Crippen LogP) is 1.15. The van der Waals surface area contributed by atoms with E-state index in [2.05, 4.69) is 20.6 Å². The zero-order valence-corrected chi connectivity index (χ0v) is 14.1. The van der Waals surface area contributed by atoms with Gasteiger partial charge in [0.1, 0.15) is 12.2 Å².